The smallest absolute Gasteiger partial charge is 0.337 e. The zero-order valence-corrected chi connectivity index (χ0v) is 10.0. The summed E-state index contributed by atoms with van der Waals surface area (Å²) in [5.41, 5.74) is 2.85. The molecule has 1 aromatic carbocycles. The topological polar surface area (TPSA) is 26.3 Å². The highest BCUT2D eigenvalue weighted by Gasteiger charge is 2.08. The van der Waals surface area contributed by atoms with Crippen molar-refractivity contribution >= 4 is 28.6 Å². The number of halogens is 1. The van der Waals surface area contributed by atoms with Crippen LogP contribution in [-0.4, -0.2) is 13.1 Å². The zero-order valence-electron chi connectivity index (χ0n) is 7.85. The van der Waals surface area contributed by atoms with Gasteiger partial charge in [0.15, 0.2) is 0 Å². The molecule has 0 amide bonds. The van der Waals surface area contributed by atoms with E-state index in [1.54, 1.807) is 0 Å². The van der Waals surface area contributed by atoms with Gasteiger partial charge in [0.25, 0.3) is 0 Å². The molecule has 0 fully saturated rings. The van der Waals surface area contributed by atoms with Gasteiger partial charge in [-0.1, -0.05) is 0 Å². The van der Waals surface area contributed by atoms with E-state index in [1.807, 2.05) is 26.0 Å². The van der Waals surface area contributed by atoms with Gasteiger partial charge in [-0.15, -0.1) is 0 Å². The fourth-order valence-electron chi connectivity index (χ4n) is 1.18. The van der Waals surface area contributed by atoms with Crippen LogP contribution in [-0.2, 0) is 4.74 Å². The van der Waals surface area contributed by atoms with Crippen molar-refractivity contribution in [2.75, 3.05) is 7.11 Å². The minimum Gasteiger partial charge on any atom is -0.465 e. The Morgan fingerprint density at radius 2 is 1.77 bits per heavy atom. The average molecular weight is 290 g/mol. The molecule has 0 aromatic heterocycles. The van der Waals surface area contributed by atoms with E-state index < -0.39 is 0 Å². The van der Waals surface area contributed by atoms with Gasteiger partial charge in [-0.3, -0.25) is 0 Å². The maximum atomic E-state index is 11.2. The van der Waals surface area contributed by atoms with Gasteiger partial charge in [-0.2, -0.15) is 0 Å². The summed E-state index contributed by atoms with van der Waals surface area (Å²) in [7, 11) is 1.39. The Balaban J connectivity index is 3.20. The van der Waals surface area contributed by atoms with E-state index in [0.717, 1.165) is 11.1 Å². The molecule has 0 saturated heterocycles. The van der Waals surface area contributed by atoms with Gasteiger partial charge in [0.1, 0.15) is 0 Å². The number of rotatable bonds is 1. The summed E-state index contributed by atoms with van der Waals surface area (Å²) >= 11 is 2.27. The van der Waals surface area contributed by atoms with Crippen LogP contribution >= 0.6 is 22.6 Å². The summed E-state index contributed by atoms with van der Waals surface area (Å²) in [6.07, 6.45) is 0. The summed E-state index contributed by atoms with van der Waals surface area (Å²) in [5, 5.41) is 0. The van der Waals surface area contributed by atoms with E-state index in [0.29, 0.717) is 5.56 Å². The third-order valence-electron chi connectivity index (χ3n) is 1.86. The van der Waals surface area contributed by atoms with Gasteiger partial charge in [0.05, 0.1) is 12.7 Å². The molecule has 0 aliphatic heterocycles. The lowest BCUT2D eigenvalue weighted by Gasteiger charge is -2.05. The summed E-state index contributed by atoms with van der Waals surface area (Å²) < 4.78 is 5.84. The molecule has 0 atom stereocenters. The highest BCUT2D eigenvalue weighted by molar-refractivity contribution is 14.1. The second-order valence-corrected chi connectivity index (χ2v) is 3.99. The lowest BCUT2D eigenvalue weighted by atomic mass is 10.1. The predicted octanol–water partition coefficient (Wildman–Crippen LogP) is 2.69. The van der Waals surface area contributed by atoms with Crippen LogP contribution in [0.3, 0.4) is 0 Å². The number of hydrogen-bond acceptors (Lipinski definition) is 2. The number of esters is 1. The third kappa shape index (κ3) is 2.21. The Hall–Kier alpha value is -0.580. The van der Waals surface area contributed by atoms with E-state index in [-0.39, 0.29) is 5.97 Å². The second-order valence-electron chi connectivity index (χ2n) is 2.92. The van der Waals surface area contributed by atoms with E-state index >= 15 is 0 Å². The Labute approximate surface area is 91.4 Å². The molecule has 0 heterocycles. The number of carbonyl (C=O) groups is 1. The van der Waals surface area contributed by atoms with Crippen LogP contribution in [0.15, 0.2) is 12.1 Å². The lowest BCUT2D eigenvalue weighted by molar-refractivity contribution is 0.0600. The fourth-order valence-corrected chi connectivity index (χ4v) is 1.49. The van der Waals surface area contributed by atoms with Crippen molar-refractivity contribution in [3.63, 3.8) is 0 Å². The second kappa shape index (κ2) is 4.09. The largest absolute Gasteiger partial charge is 0.465 e. The number of carbonyl (C=O) groups excluding carboxylic acids is 1. The number of ether oxygens (including phenoxy) is 1. The maximum absolute atomic E-state index is 11.2. The van der Waals surface area contributed by atoms with Crippen molar-refractivity contribution in [2.24, 2.45) is 0 Å². The van der Waals surface area contributed by atoms with Crippen molar-refractivity contribution in [2.45, 2.75) is 13.8 Å². The molecule has 0 aliphatic rings. The molecule has 0 radical (unpaired) electrons. The summed E-state index contributed by atoms with van der Waals surface area (Å²) in [5.74, 6) is -0.275. The summed E-state index contributed by atoms with van der Waals surface area (Å²) in [6.45, 7) is 3.97. The molecule has 3 heteroatoms. The molecule has 13 heavy (non-hydrogen) atoms. The van der Waals surface area contributed by atoms with Crippen molar-refractivity contribution in [1.82, 2.24) is 0 Å². The van der Waals surface area contributed by atoms with Gasteiger partial charge in [0.2, 0.25) is 0 Å². The maximum Gasteiger partial charge on any atom is 0.337 e. The van der Waals surface area contributed by atoms with Gasteiger partial charge >= 0.3 is 5.97 Å². The molecular weight excluding hydrogens is 279 g/mol. The first-order valence-corrected chi connectivity index (χ1v) is 4.99. The normalized spacial score (nSPS) is 9.85. The van der Waals surface area contributed by atoms with Crippen molar-refractivity contribution < 1.29 is 9.53 Å². The molecule has 0 N–H and O–H groups in total. The molecule has 0 aliphatic carbocycles. The van der Waals surface area contributed by atoms with Crippen LogP contribution in [0.25, 0.3) is 0 Å². The minimum atomic E-state index is -0.275. The van der Waals surface area contributed by atoms with Gasteiger partial charge in [-0.25, -0.2) is 4.79 Å². The SMILES string of the molecule is COC(=O)c1cc(C)c(I)c(C)c1. The first-order valence-electron chi connectivity index (χ1n) is 3.91. The quantitative estimate of drug-likeness (QED) is 0.587. The standard InChI is InChI=1S/C10H11IO2/c1-6-4-8(10(12)13-3)5-7(2)9(6)11/h4-5H,1-3H3. The molecule has 1 rings (SSSR count). The molecule has 1 aromatic rings. The molecular formula is C10H11IO2. The van der Waals surface area contributed by atoms with Gasteiger partial charge in [-0.05, 0) is 59.7 Å². The number of benzene rings is 1. The minimum absolute atomic E-state index is 0.275. The lowest BCUT2D eigenvalue weighted by Crippen LogP contribution is -2.03. The van der Waals surface area contributed by atoms with E-state index in [2.05, 4.69) is 27.3 Å². The van der Waals surface area contributed by atoms with Crippen LogP contribution in [0.2, 0.25) is 0 Å². The van der Waals surface area contributed by atoms with E-state index in [9.17, 15) is 4.79 Å². The molecule has 0 unspecified atom stereocenters. The highest BCUT2D eigenvalue weighted by Crippen LogP contribution is 2.18. The monoisotopic (exact) mass is 290 g/mol. The average Bonchev–Trinajstić information content (AvgIpc) is 2.12. The fraction of sp³-hybridized carbons (Fsp3) is 0.300. The Morgan fingerprint density at radius 3 is 2.15 bits per heavy atom. The highest BCUT2D eigenvalue weighted by atomic mass is 127. The van der Waals surface area contributed by atoms with E-state index in [4.69, 9.17) is 0 Å². The Morgan fingerprint density at radius 1 is 1.31 bits per heavy atom. The van der Waals surface area contributed by atoms with Crippen molar-refractivity contribution in [3.8, 4) is 0 Å². The number of hydrogen-bond donors (Lipinski definition) is 0. The van der Waals surface area contributed by atoms with Crippen LogP contribution in [0.4, 0.5) is 0 Å². The number of aryl methyl sites for hydroxylation is 2. The molecule has 0 spiro atoms. The first kappa shape index (κ1) is 10.5. The van der Waals surface area contributed by atoms with Crippen molar-refractivity contribution in [1.29, 1.82) is 0 Å². The van der Waals surface area contributed by atoms with E-state index in [1.165, 1.54) is 10.7 Å². The molecule has 0 bridgehead atoms. The van der Waals surface area contributed by atoms with Crippen LogP contribution < -0.4 is 0 Å². The molecule has 0 saturated carbocycles. The van der Waals surface area contributed by atoms with Crippen LogP contribution in [0.1, 0.15) is 21.5 Å². The Kier molecular flexibility index (Phi) is 3.30. The first-order chi connectivity index (χ1) is 6.06. The molecule has 70 valence electrons. The predicted molar refractivity (Wildman–Crippen MR) is 60.0 cm³/mol. The van der Waals surface area contributed by atoms with Crippen LogP contribution in [0.5, 0.6) is 0 Å². The van der Waals surface area contributed by atoms with Crippen LogP contribution in [0, 0.1) is 17.4 Å². The van der Waals surface area contributed by atoms with Gasteiger partial charge in [0, 0.05) is 3.57 Å². The Bertz CT molecular complexity index is 322. The summed E-state index contributed by atoms with van der Waals surface area (Å²) in [4.78, 5) is 11.2. The zero-order chi connectivity index (χ0) is 10.0. The third-order valence-corrected chi connectivity index (χ3v) is 3.56. The number of methoxy groups -OCH3 is 1. The van der Waals surface area contributed by atoms with Gasteiger partial charge < -0.3 is 4.74 Å². The van der Waals surface area contributed by atoms with Crippen molar-refractivity contribution in [3.05, 3.63) is 32.4 Å². The summed E-state index contributed by atoms with van der Waals surface area (Å²) in [6, 6.07) is 3.70. The molecule has 2 nitrogen and oxygen atoms in total.